The molecule has 0 fully saturated rings. The van der Waals surface area contributed by atoms with Crippen molar-refractivity contribution in [3.8, 4) is 0 Å². The highest BCUT2D eigenvalue weighted by atomic mass is 79.9. The number of pyridine rings is 1. The van der Waals surface area contributed by atoms with Gasteiger partial charge in [0.25, 0.3) is 0 Å². The van der Waals surface area contributed by atoms with Crippen LogP contribution in [0.1, 0.15) is 5.56 Å². The monoisotopic (exact) mass is 230 g/mol. The molecule has 0 saturated carbocycles. The minimum atomic E-state index is -1.54. The number of nitrogens with two attached hydrogens (primary N) is 1. The zero-order valence-electron chi connectivity index (χ0n) is 6.24. The topological polar surface area (TPSA) is 79.4 Å². The molecule has 12 heavy (non-hydrogen) atoms. The van der Waals surface area contributed by atoms with E-state index in [0.29, 0.717) is 15.6 Å². The average Bonchev–Trinajstić information content (AvgIpc) is 2.03. The third-order valence-corrected chi connectivity index (χ3v) is 2.14. The molecule has 0 radical (unpaired) electrons. The van der Waals surface area contributed by atoms with Gasteiger partial charge in [0.15, 0.2) is 0 Å². The summed E-state index contributed by atoms with van der Waals surface area (Å²) in [5.74, 6) is 0. The number of nitrogens with zero attached hydrogens (tertiary/aromatic N) is 1. The highest BCUT2D eigenvalue weighted by Gasteiger charge is 2.19. The zero-order valence-corrected chi connectivity index (χ0v) is 7.82. The molecule has 0 atom stereocenters. The maximum Gasteiger partial charge on any atom is 0.491 e. The quantitative estimate of drug-likeness (QED) is 0.449. The van der Waals surface area contributed by atoms with Crippen molar-refractivity contribution in [1.82, 2.24) is 4.98 Å². The van der Waals surface area contributed by atoms with Gasteiger partial charge < -0.3 is 15.8 Å². The normalized spacial score (nSPS) is 10.0. The lowest BCUT2D eigenvalue weighted by molar-refractivity contribution is 0.425. The molecule has 0 unspecified atom stereocenters. The summed E-state index contributed by atoms with van der Waals surface area (Å²) in [5, 5.41) is 17.9. The first kappa shape index (κ1) is 9.66. The first-order valence-corrected chi connectivity index (χ1v) is 4.15. The van der Waals surface area contributed by atoms with Crippen LogP contribution < -0.4 is 11.2 Å². The van der Waals surface area contributed by atoms with Crippen molar-refractivity contribution in [3.05, 3.63) is 22.4 Å². The number of hydrogen-bond donors (Lipinski definition) is 3. The van der Waals surface area contributed by atoms with Crippen LogP contribution in [0.3, 0.4) is 0 Å². The Balaban J connectivity index is 3.20. The van der Waals surface area contributed by atoms with Crippen molar-refractivity contribution in [2.75, 3.05) is 0 Å². The number of rotatable bonds is 2. The van der Waals surface area contributed by atoms with Crippen LogP contribution in [0, 0.1) is 0 Å². The molecule has 1 rings (SSSR count). The van der Waals surface area contributed by atoms with Gasteiger partial charge in [0.05, 0.1) is 0 Å². The van der Waals surface area contributed by atoms with Crippen molar-refractivity contribution in [3.63, 3.8) is 0 Å². The van der Waals surface area contributed by atoms with Crippen molar-refractivity contribution < 1.29 is 10.0 Å². The Morgan fingerprint density at radius 3 is 2.67 bits per heavy atom. The molecule has 4 N–H and O–H groups in total. The molecule has 0 saturated heterocycles. The van der Waals surface area contributed by atoms with Crippen LogP contribution in [-0.4, -0.2) is 22.2 Å². The molecule has 4 nitrogen and oxygen atoms in total. The second-order valence-electron chi connectivity index (χ2n) is 2.25. The summed E-state index contributed by atoms with van der Waals surface area (Å²) in [7, 11) is -1.54. The SMILES string of the molecule is NCc1ccnc(Br)c1B(O)O. The maximum atomic E-state index is 8.95. The van der Waals surface area contributed by atoms with Gasteiger partial charge in [-0.1, -0.05) is 0 Å². The minimum Gasteiger partial charge on any atom is -0.423 e. The molecule has 1 heterocycles. The second kappa shape index (κ2) is 4.00. The molecular formula is C6H8BBrN2O2. The highest BCUT2D eigenvalue weighted by molar-refractivity contribution is 9.10. The molecular weight excluding hydrogens is 223 g/mol. The van der Waals surface area contributed by atoms with E-state index in [9.17, 15) is 0 Å². The number of hydrogen-bond acceptors (Lipinski definition) is 4. The largest absolute Gasteiger partial charge is 0.491 e. The smallest absolute Gasteiger partial charge is 0.423 e. The van der Waals surface area contributed by atoms with Gasteiger partial charge >= 0.3 is 7.12 Å². The summed E-state index contributed by atoms with van der Waals surface area (Å²) in [6, 6.07) is 1.65. The molecule has 0 aliphatic heterocycles. The highest BCUT2D eigenvalue weighted by Crippen LogP contribution is 2.05. The molecule has 0 bridgehead atoms. The van der Waals surface area contributed by atoms with Crippen LogP contribution in [-0.2, 0) is 6.54 Å². The van der Waals surface area contributed by atoms with E-state index in [1.165, 1.54) is 0 Å². The third kappa shape index (κ3) is 1.84. The van der Waals surface area contributed by atoms with Gasteiger partial charge in [0.1, 0.15) is 4.60 Å². The van der Waals surface area contributed by atoms with Crippen molar-refractivity contribution in [2.45, 2.75) is 6.54 Å². The van der Waals surface area contributed by atoms with E-state index in [1.807, 2.05) is 0 Å². The molecule has 0 spiro atoms. The van der Waals surface area contributed by atoms with E-state index in [0.717, 1.165) is 0 Å². The first-order valence-electron chi connectivity index (χ1n) is 3.36. The molecule has 0 aliphatic rings. The van der Waals surface area contributed by atoms with E-state index in [4.69, 9.17) is 15.8 Å². The molecule has 0 aliphatic carbocycles. The fourth-order valence-corrected chi connectivity index (χ4v) is 1.51. The van der Waals surface area contributed by atoms with Crippen molar-refractivity contribution in [1.29, 1.82) is 0 Å². The predicted molar refractivity (Wildman–Crippen MR) is 49.7 cm³/mol. The van der Waals surface area contributed by atoms with Gasteiger partial charge in [-0.05, 0) is 27.6 Å². The maximum absolute atomic E-state index is 8.95. The molecule has 6 heteroatoms. The van der Waals surface area contributed by atoms with Gasteiger partial charge in [-0.2, -0.15) is 0 Å². The molecule has 1 aromatic rings. The number of halogens is 1. The fourth-order valence-electron chi connectivity index (χ4n) is 0.935. The van der Waals surface area contributed by atoms with E-state index in [1.54, 1.807) is 12.3 Å². The van der Waals surface area contributed by atoms with E-state index in [2.05, 4.69) is 20.9 Å². The molecule has 0 aromatic carbocycles. The van der Waals surface area contributed by atoms with E-state index in [-0.39, 0.29) is 6.54 Å². The van der Waals surface area contributed by atoms with Crippen LogP contribution >= 0.6 is 15.9 Å². The van der Waals surface area contributed by atoms with Crippen LogP contribution in [0.5, 0.6) is 0 Å². The summed E-state index contributed by atoms with van der Waals surface area (Å²) < 4.78 is 0.417. The third-order valence-electron chi connectivity index (χ3n) is 1.51. The Morgan fingerprint density at radius 2 is 2.25 bits per heavy atom. The summed E-state index contributed by atoms with van der Waals surface area (Å²) in [6.07, 6.45) is 1.55. The van der Waals surface area contributed by atoms with Gasteiger partial charge in [-0.25, -0.2) is 4.98 Å². The average molecular weight is 231 g/mol. The molecule has 1 aromatic heterocycles. The zero-order chi connectivity index (χ0) is 9.14. The Hall–Kier alpha value is -0.425. The second-order valence-corrected chi connectivity index (χ2v) is 3.00. The minimum absolute atomic E-state index is 0.258. The van der Waals surface area contributed by atoms with Crippen molar-refractivity contribution in [2.24, 2.45) is 5.73 Å². The summed E-state index contributed by atoms with van der Waals surface area (Å²) in [5.41, 5.74) is 6.39. The van der Waals surface area contributed by atoms with Gasteiger partial charge in [-0.3, -0.25) is 0 Å². The lowest BCUT2D eigenvalue weighted by Gasteiger charge is -2.07. The predicted octanol–water partition coefficient (Wildman–Crippen LogP) is -1.02. The van der Waals surface area contributed by atoms with E-state index < -0.39 is 7.12 Å². The lowest BCUT2D eigenvalue weighted by atomic mass is 9.78. The van der Waals surface area contributed by atoms with Crippen molar-refractivity contribution >= 4 is 28.5 Å². The fraction of sp³-hybridized carbons (Fsp3) is 0.167. The van der Waals surface area contributed by atoms with Crippen LogP contribution in [0.25, 0.3) is 0 Å². The van der Waals surface area contributed by atoms with Gasteiger partial charge in [0, 0.05) is 18.2 Å². The summed E-state index contributed by atoms with van der Waals surface area (Å²) in [6.45, 7) is 0.258. The Labute approximate surface area is 78.7 Å². The Kier molecular flexibility index (Phi) is 3.22. The van der Waals surface area contributed by atoms with E-state index >= 15 is 0 Å². The lowest BCUT2D eigenvalue weighted by Crippen LogP contribution is -2.35. The Bertz CT molecular complexity index is 282. The Morgan fingerprint density at radius 1 is 1.58 bits per heavy atom. The van der Waals surface area contributed by atoms with Gasteiger partial charge in [0.2, 0.25) is 0 Å². The first-order chi connectivity index (χ1) is 5.66. The van der Waals surface area contributed by atoms with Crippen LogP contribution in [0.4, 0.5) is 0 Å². The van der Waals surface area contributed by atoms with Crippen LogP contribution in [0.15, 0.2) is 16.9 Å². The molecule has 0 amide bonds. The summed E-state index contributed by atoms with van der Waals surface area (Å²) >= 11 is 3.10. The van der Waals surface area contributed by atoms with Gasteiger partial charge in [-0.15, -0.1) is 0 Å². The molecule has 64 valence electrons. The standard InChI is InChI=1S/C6H8BBrN2O2/c8-6-5(7(11)12)4(3-9)1-2-10-6/h1-2,11-12H,3,9H2. The summed E-state index contributed by atoms with van der Waals surface area (Å²) in [4.78, 5) is 3.85. The number of aromatic nitrogens is 1. The van der Waals surface area contributed by atoms with Crippen LogP contribution in [0.2, 0.25) is 0 Å².